The molecule has 1 aromatic carbocycles. The van der Waals surface area contributed by atoms with Gasteiger partial charge in [-0.1, -0.05) is 12.1 Å². The van der Waals surface area contributed by atoms with Crippen molar-refractivity contribution < 1.29 is 9.59 Å². The highest BCUT2D eigenvalue weighted by Crippen LogP contribution is 2.14. The molecular weight excluding hydrogens is 252 g/mol. The van der Waals surface area contributed by atoms with E-state index in [0.29, 0.717) is 13.1 Å². The Labute approximate surface area is 120 Å². The summed E-state index contributed by atoms with van der Waals surface area (Å²) in [4.78, 5) is 24.8. The van der Waals surface area contributed by atoms with E-state index in [9.17, 15) is 9.59 Å². The molecule has 0 atom stereocenters. The summed E-state index contributed by atoms with van der Waals surface area (Å²) in [5.41, 5.74) is 3.12. The van der Waals surface area contributed by atoms with E-state index in [4.69, 9.17) is 0 Å². The van der Waals surface area contributed by atoms with E-state index in [1.807, 2.05) is 32.0 Å². The zero-order chi connectivity index (χ0) is 15.1. The van der Waals surface area contributed by atoms with Crippen LogP contribution in [0.2, 0.25) is 0 Å². The van der Waals surface area contributed by atoms with Crippen molar-refractivity contribution in [3.8, 4) is 0 Å². The van der Waals surface area contributed by atoms with Gasteiger partial charge in [-0.05, 0) is 37.1 Å². The van der Waals surface area contributed by atoms with Crippen LogP contribution in [0.1, 0.15) is 24.5 Å². The van der Waals surface area contributed by atoms with Gasteiger partial charge in [-0.15, -0.1) is 6.58 Å². The molecule has 0 spiro atoms. The molecule has 0 heterocycles. The maximum atomic E-state index is 11.9. The predicted octanol–water partition coefficient (Wildman–Crippen LogP) is 2.67. The summed E-state index contributed by atoms with van der Waals surface area (Å²) >= 11 is 0. The van der Waals surface area contributed by atoms with E-state index in [1.54, 1.807) is 11.0 Å². The van der Waals surface area contributed by atoms with Crippen molar-refractivity contribution in [1.29, 1.82) is 0 Å². The van der Waals surface area contributed by atoms with Crippen molar-refractivity contribution in [3.05, 3.63) is 42.0 Å². The lowest BCUT2D eigenvalue weighted by Gasteiger charge is -2.18. The van der Waals surface area contributed by atoms with Gasteiger partial charge < -0.3 is 10.2 Å². The van der Waals surface area contributed by atoms with Crippen molar-refractivity contribution in [2.45, 2.75) is 27.2 Å². The monoisotopic (exact) mass is 274 g/mol. The number of anilines is 1. The summed E-state index contributed by atoms with van der Waals surface area (Å²) < 4.78 is 0. The summed E-state index contributed by atoms with van der Waals surface area (Å²) in [6, 6.07) is 5.80. The second-order valence-electron chi connectivity index (χ2n) is 4.85. The number of carbonyl (C=O) groups is 2. The Hall–Kier alpha value is -2.10. The Morgan fingerprint density at radius 1 is 1.30 bits per heavy atom. The quantitative estimate of drug-likeness (QED) is 0.811. The molecule has 0 aliphatic carbocycles. The number of hydrogen-bond acceptors (Lipinski definition) is 2. The first-order valence-corrected chi connectivity index (χ1v) is 6.67. The van der Waals surface area contributed by atoms with Gasteiger partial charge >= 0.3 is 0 Å². The normalized spacial score (nSPS) is 9.95. The Morgan fingerprint density at radius 3 is 2.55 bits per heavy atom. The molecule has 4 nitrogen and oxygen atoms in total. The third-order valence-corrected chi connectivity index (χ3v) is 3.19. The number of aryl methyl sites for hydroxylation is 2. The third-order valence-electron chi connectivity index (χ3n) is 3.19. The summed E-state index contributed by atoms with van der Waals surface area (Å²) in [6.45, 7) is 9.99. The molecule has 0 saturated heterocycles. The lowest BCUT2D eigenvalue weighted by Crippen LogP contribution is -2.32. The van der Waals surface area contributed by atoms with Gasteiger partial charge in [0.15, 0.2) is 0 Å². The van der Waals surface area contributed by atoms with Crippen LogP contribution < -0.4 is 5.32 Å². The molecule has 2 amide bonds. The number of amides is 2. The second kappa shape index (κ2) is 7.48. The zero-order valence-electron chi connectivity index (χ0n) is 12.4. The molecule has 0 aliphatic heterocycles. The Bertz CT molecular complexity index is 509. The van der Waals surface area contributed by atoms with Gasteiger partial charge in [-0.2, -0.15) is 0 Å². The number of nitrogens with zero attached hydrogens (tertiary/aromatic N) is 1. The lowest BCUT2D eigenvalue weighted by molar-refractivity contribution is -0.128. The van der Waals surface area contributed by atoms with Crippen LogP contribution in [-0.2, 0) is 9.59 Å². The first-order valence-electron chi connectivity index (χ1n) is 6.67. The summed E-state index contributed by atoms with van der Waals surface area (Å²) in [6.07, 6.45) is 1.93. The van der Waals surface area contributed by atoms with Crippen LogP contribution in [0, 0.1) is 13.8 Å². The fraction of sp³-hybridized carbons (Fsp3) is 0.375. The van der Waals surface area contributed by atoms with Crippen molar-refractivity contribution in [1.82, 2.24) is 4.90 Å². The summed E-state index contributed by atoms with van der Waals surface area (Å²) in [5.74, 6) is -0.146. The first-order chi connectivity index (χ1) is 9.43. The summed E-state index contributed by atoms with van der Waals surface area (Å²) in [7, 11) is 0. The smallest absolute Gasteiger partial charge is 0.226 e. The Balaban J connectivity index is 2.52. The molecule has 1 N–H and O–H groups in total. The van der Waals surface area contributed by atoms with Gasteiger partial charge in [0.1, 0.15) is 0 Å². The minimum Gasteiger partial charge on any atom is -0.339 e. The van der Waals surface area contributed by atoms with E-state index in [1.165, 1.54) is 12.5 Å². The number of rotatable bonds is 6. The molecule has 0 fully saturated rings. The van der Waals surface area contributed by atoms with Gasteiger partial charge in [0.25, 0.3) is 0 Å². The van der Waals surface area contributed by atoms with Crippen LogP contribution in [0.3, 0.4) is 0 Å². The maximum Gasteiger partial charge on any atom is 0.226 e. The molecule has 4 heteroatoms. The molecule has 0 unspecified atom stereocenters. The highest BCUT2D eigenvalue weighted by atomic mass is 16.2. The SMILES string of the molecule is C=CCN(CCC(=O)Nc1ccc(C)c(C)c1)C(C)=O. The van der Waals surface area contributed by atoms with Gasteiger partial charge in [-0.25, -0.2) is 0 Å². The maximum absolute atomic E-state index is 11.9. The van der Waals surface area contributed by atoms with Crippen LogP contribution >= 0.6 is 0 Å². The molecule has 0 bridgehead atoms. The van der Waals surface area contributed by atoms with E-state index < -0.39 is 0 Å². The number of carbonyl (C=O) groups excluding carboxylic acids is 2. The number of hydrogen-bond donors (Lipinski definition) is 1. The molecule has 0 radical (unpaired) electrons. The average Bonchev–Trinajstić information content (AvgIpc) is 2.38. The van der Waals surface area contributed by atoms with Crippen molar-refractivity contribution in [3.63, 3.8) is 0 Å². The summed E-state index contributed by atoms with van der Waals surface area (Å²) in [5, 5.41) is 2.84. The van der Waals surface area contributed by atoms with E-state index >= 15 is 0 Å². The first kappa shape index (κ1) is 16.0. The molecular formula is C16H22N2O2. The van der Waals surface area contributed by atoms with Crippen LogP contribution in [0.4, 0.5) is 5.69 Å². The molecule has 0 aliphatic rings. The van der Waals surface area contributed by atoms with Crippen LogP contribution in [0.25, 0.3) is 0 Å². The molecule has 0 saturated carbocycles. The van der Waals surface area contributed by atoms with E-state index in [2.05, 4.69) is 11.9 Å². The highest BCUT2D eigenvalue weighted by Gasteiger charge is 2.10. The number of benzene rings is 1. The Kier molecular flexibility index (Phi) is 5.97. The van der Waals surface area contributed by atoms with E-state index in [-0.39, 0.29) is 18.2 Å². The van der Waals surface area contributed by atoms with Crippen LogP contribution in [0.5, 0.6) is 0 Å². The Morgan fingerprint density at radius 2 is 2.00 bits per heavy atom. The van der Waals surface area contributed by atoms with Crippen LogP contribution in [-0.4, -0.2) is 29.8 Å². The molecule has 0 aromatic heterocycles. The molecule has 1 rings (SSSR count). The standard InChI is InChI=1S/C16H22N2O2/c1-5-9-18(14(4)19)10-8-16(20)17-15-7-6-12(2)13(3)11-15/h5-7,11H,1,8-10H2,2-4H3,(H,17,20). The highest BCUT2D eigenvalue weighted by molar-refractivity contribution is 5.91. The van der Waals surface area contributed by atoms with Crippen molar-refractivity contribution in [2.24, 2.45) is 0 Å². The van der Waals surface area contributed by atoms with Gasteiger partial charge in [0.05, 0.1) is 0 Å². The molecule has 20 heavy (non-hydrogen) atoms. The molecule has 108 valence electrons. The zero-order valence-corrected chi connectivity index (χ0v) is 12.4. The van der Waals surface area contributed by atoms with Gasteiger partial charge in [-0.3, -0.25) is 9.59 Å². The van der Waals surface area contributed by atoms with Gasteiger partial charge in [0, 0.05) is 32.1 Å². The second-order valence-corrected chi connectivity index (χ2v) is 4.85. The topological polar surface area (TPSA) is 49.4 Å². The third kappa shape index (κ3) is 4.88. The van der Waals surface area contributed by atoms with Gasteiger partial charge in [0.2, 0.25) is 11.8 Å². The predicted molar refractivity (Wildman–Crippen MR) is 81.6 cm³/mol. The lowest BCUT2D eigenvalue weighted by atomic mass is 10.1. The minimum atomic E-state index is -0.0939. The van der Waals surface area contributed by atoms with Crippen molar-refractivity contribution in [2.75, 3.05) is 18.4 Å². The number of nitrogens with one attached hydrogen (secondary N) is 1. The molecule has 1 aromatic rings. The van der Waals surface area contributed by atoms with Crippen LogP contribution in [0.15, 0.2) is 30.9 Å². The van der Waals surface area contributed by atoms with Crippen molar-refractivity contribution >= 4 is 17.5 Å². The largest absolute Gasteiger partial charge is 0.339 e. The fourth-order valence-electron chi connectivity index (χ4n) is 1.81. The minimum absolute atomic E-state index is 0.0520. The average molecular weight is 274 g/mol. The van der Waals surface area contributed by atoms with E-state index in [0.717, 1.165) is 11.3 Å². The fourth-order valence-corrected chi connectivity index (χ4v) is 1.81.